The molecule has 1 N–H and O–H groups in total. The summed E-state index contributed by atoms with van der Waals surface area (Å²) in [5, 5.41) is 3.02. The van der Waals surface area contributed by atoms with E-state index >= 15 is 0 Å². The fourth-order valence-electron chi connectivity index (χ4n) is 2.78. The Kier molecular flexibility index (Phi) is 3.57. The number of halogens is 1. The van der Waals surface area contributed by atoms with Gasteiger partial charge in [-0.05, 0) is 36.2 Å². The summed E-state index contributed by atoms with van der Waals surface area (Å²) in [4.78, 5) is 20.6. The number of aromatic nitrogens is 3. The Morgan fingerprint density at radius 2 is 2.04 bits per heavy atom. The van der Waals surface area contributed by atoms with Crippen LogP contribution in [0.3, 0.4) is 0 Å². The van der Waals surface area contributed by atoms with Crippen LogP contribution in [0.4, 0.5) is 4.39 Å². The maximum Gasteiger partial charge on any atom is 0.251 e. The SMILES string of the molecule is O=C(N[C@H]1C[C@@H]1c1ccc(F)cc1)c1ccnc(-n2ccnc2)c1. The van der Waals surface area contributed by atoms with E-state index in [1.54, 1.807) is 53.8 Å². The fourth-order valence-corrected chi connectivity index (χ4v) is 2.78. The molecular formula is C18H15FN4O. The van der Waals surface area contributed by atoms with Crippen molar-refractivity contribution in [2.24, 2.45) is 0 Å². The molecule has 1 saturated carbocycles. The van der Waals surface area contributed by atoms with Crippen LogP contribution in [-0.2, 0) is 0 Å². The number of hydrogen-bond donors (Lipinski definition) is 1. The molecule has 1 aliphatic rings. The number of amides is 1. The molecule has 24 heavy (non-hydrogen) atoms. The van der Waals surface area contributed by atoms with Crippen molar-refractivity contribution < 1.29 is 9.18 Å². The van der Waals surface area contributed by atoms with Crippen LogP contribution in [0.5, 0.6) is 0 Å². The summed E-state index contributed by atoms with van der Waals surface area (Å²) < 4.78 is 14.7. The lowest BCUT2D eigenvalue weighted by atomic mass is 10.1. The zero-order chi connectivity index (χ0) is 16.5. The first kappa shape index (κ1) is 14.6. The Hall–Kier alpha value is -3.02. The number of rotatable bonds is 4. The molecule has 0 bridgehead atoms. The highest BCUT2D eigenvalue weighted by Gasteiger charge is 2.39. The van der Waals surface area contributed by atoms with Gasteiger partial charge in [-0.1, -0.05) is 12.1 Å². The lowest BCUT2D eigenvalue weighted by Crippen LogP contribution is -2.26. The first-order valence-corrected chi connectivity index (χ1v) is 7.71. The lowest BCUT2D eigenvalue weighted by Gasteiger charge is -2.07. The van der Waals surface area contributed by atoms with Crippen molar-refractivity contribution in [2.75, 3.05) is 0 Å². The highest BCUT2D eigenvalue weighted by molar-refractivity contribution is 5.95. The Bertz CT molecular complexity index is 861. The lowest BCUT2D eigenvalue weighted by molar-refractivity contribution is 0.0950. The highest BCUT2D eigenvalue weighted by atomic mass is 19.1. The van der Waals surface area contributed by atoms with E-state index in [0.717, 1.165) is 12.0 Å². The van der Waals surface area contributed by atoms with E-state index in [0.29, 0.717) is 11.4 Å². The Labute approximate surface area is 138 Å². The van der Waals surface area contributed by atoms with Gasteiger partial charge in [-0.2, -0.15) is 0 Å². The average Bonchev–Trinajstić information content (AvgIpc) is 3.14. The second kappa shape index (κ2) is 5.88. The predicted molar refractivity (Wildman–Crippen MR) is 86.4 cm³/mol. The smallest absolute Gasteiger partial charge is 0.251 e. The van der Waals surface area contributed by atoms with Gasteiger partial charge in [0.05, 0.1) is 0 Å². The van der Waals surface area contributed by atoms with Gasteiger partial charge < -0.3 is 5.32 Å². The van der Waals surface area contributed by atoms with Crippen molar-refractivity contribution in [3.8, 4) is 5.82 Å². The first-order chi connectivity index (χ1) is 11.7. The number of carbonyl (C=O) groups excluding carboxylic acids is 1. The van der Waals surface area contributed by atoms with E-state index in [1.165, 1.54) is 12.1 Å². The van der Waals surface area contributed by atoms with E-state index < -0.39 is 0 Å². The van der Waals surface area contributed by atoms with Crippen LogP contribution in [0.15, 0.2) is 61.3 Å². The molecular weight excluding hydrogens is 307 g/mol. The summed E-state index contributed by atoms with van der Waals surface area (Å²) in [6.45, 7) is 0. The molecule has 0 spiro atoms. The number of nitrogens with one attached hydrogen (secondary N) is 1. The van der Waals surface area contributed by atoms with Gasteiger partial charge in [-0.15, -0.1) is 0 Å². The van der Waals surface area contributed by atoms with Gasteiger partial charge in [0.25, 0.3) is 5.91 Å². The predicted octanol–water partition coefficient (Wildman–Crippen LogP) is 2.69. The summed E-state index contributed by atoms with van der Waals surface area (Å²) in [7, 11) is 0. The van der Waals surface area contributed by atoms with Gasteiger partial charge >= 0.3 is 0 Å². The first-order valence-electron chi connectivity index (χ1n) is 7.71. The molecule has 0 saturated heterocycles. The van der Waals surface area contributed by atoms with Gasteiger partial charge in [0, 0.05) is 36.1 Å². The van der Waals surface area contributed by atoms with E-state index in [-0.39, 0.29) is 23.7 Å². The number of carbonyl (C=O) groups is 1. The standard InChI is InChI=1S/C18H15FN4O/c19-14-3-1-12(2-4-14)15-10-16(15)22-18(24)13-5-6-21-17(9-13)23-8-7-20-11-23/h1-9,11,15-16H,10H2,(H,22,24)/t15-,16+/m1/s1. The molecule has 1 fully saturated rings. The largest absolute Gasteiger partial charge is 0.349 e. The number of hydrogen-bond acceptors (Lipinski definition) is 3. The minimum atomic E-state index is -0.246. The van der Waals surface area contributed by atoms with E-state index in [9.17, 15) is 9.18 Å². The summed E-state index contributed by atoms with van der Waals surface area (Å²) in [6, 6.07) is 9.95. The summed E-state index contributed by atoms with van der Waals surface area (Å²) in [6.07, 6.45) is 7.54. The topological polar surface area (TPSA) is 59.8 Å². The molecule has 6 heteroatoms. The molecule has 0 unspecified atom stereocenters. The van der Waals surface area contributed by atoms with Crippen molar-refractivity contribution in [2.45, 2.75) is 18.4 Å². The van der Waals surface area contributed by atoms with Crippen molar-refractivity contribution in [3.05, 3.63) is 78.3 Å². The maximum atomic E-state index is 13.0. The van der Waals surface area contributed by atoms with Gasteiger partial charge in [-0.25, -0.2) is 14.4 Å². The number of nitrogens with zero attached hydrogens (tertiary/aromatic N) is 3. The molecule has 120 valence electrons. The molecule has 5 nitrogen and oxygen atoms in total. The number of benzene rings is 1. The molecule has 2 heterocycles. The monoisotopic (exact) mass is 322 g/mol. The quantitative estimate of drug-likeness (QED) is 0.803. The van der Waals surface area contributed by atoms with Crippen molar-refractivity contribution in [3.63, 3.8) is 0 Å². The summed E-state index contributed by atoms with van der Waals surface area (Å²) in [5.41, 5.74) is 1.61. The van der Waals surface area contributed by atoms with E-state index in [1.807, 2.05) is 0 Å². The molecule has 1 aromatic carbocycles. The second-order valence-corrected chi connectivity index (χ2v) is 5.85. The summed E-state index contributed by atoms with van der Waals surface area (Å²) >= 11 is 0. The number of imidazole rings is 1. The third-order valence-corrected chi connectivity index (χ3v) is 4.18. The van der Waals surface area contributed by atoms with Crippen molar-refractivity contribution >= 4 is 5.91 Å². The van der Waals surface area contributed by atoms with Gasteiger partial charge in [-0.3, -0.25) is 9.36 Å². The zero-order valence-electron chi connectivity index (χ0n) is 12.8. The third-order valence-electron chi connectivity index (χ3n) is 4.18. The van der Waals surface area contributed by atoms with Crippen LogP contribution in [-0.4, -0.2) is 26.5 Å². The van der Waals surface area contributed by atoms with Gasteiger partial charge in [0.1, 0.15) is 18.0 Å². The van der Waals surface area contributed by atoms with E-state index in [4.69, 9.17) is 0 Å². The van der Waals surface area contributed by atoms with Crippen LogP contribution in [0, 0.1) is 5.82 Å². The Morgan fingerprint density at radius 3 is 2.79 bits per heavy atom. The molecule has 0 aliphatic heterocycles. The van der Waals surface area contributed by atoms with Gasteiger partial charge in [0.2, 0.25) is 0 Å². The van der Waals surface area contributed by atoms with E-state index in [2.05, 4.69) is 15.3 Å². The van der Waals surface area contributed by atoms with Crippen LogP contribution >= 0.6 is 0 Å². The molecule has 1 aliphatic carbocycles. The molecule has 0 radical (unpaired) electrons. The van der Waals surface area contributed by atoms with Crippen LogP contribution < -0.4 is 5.32 Å². The Balaban J connectivity index is 1.44. The van der Waals surface area contributed by atoms with Crippen LogP contribution in [0.1, 0.15) is 28.3 Å². The van der Waals surface area contributed by atoms with Crippen LogP contribution in [0.2, 0.25) is 0 Å². The third kappa shape index (κ3) is 2.90. The minimum Gasteiger partial charge on any atom is -0.349 e. The average molecular weight is 322 g/mol. The summed E-state index contributed by atoms with van der Waals surface area (Å²) in [5.74, 6) is 0.521. The molecule has 3 aromatic rings. The van der Waals surface area contributed by atoms with Gasteiger partial charge in [0.15, 0.2) is 0 Å². The van der Waals surface area contributed by atoms with Crippen LogP contribution in [0.25, 0.3) is 5.82 Å². The normalized spacial score (nSPS) is 19.0. The fraction of sp³-hybridized carbons (Fsp3) is 0.167. The van der Waals surface area contributed by atoms with Crippen molar-refractivity contribution in [1.82, 2.24) is 19.9 Å². The molecule has 1 amide bonds. The van der Waals surface area contributed by atoms with Crippen molar-refractivity contribution in [1.29, 1.82) is 0 Å². The molecule has 4 rings (SSSR count). The Morgan fingerprint density at radius 1 is 1.21 bits per heavy atom. The second-order valence-electron chi connectivity index (χ2n) is 5.85. The number of pyridine rings is 1. The zero-order valence-corrected chi connectivity index (χ0v) is 12.8. The molecule has 2 aromatic heterocycles. The highest BCUT2D eigenvalue weighted by Crippen LogP contribution is 2.40. The minimum absolute atomic E-state index is 0.0906. The molecule has 2 atom stereocenters. The maximum absolute atomic E-state index is 13.0.